The highest BCUT2D eigenvalue weighted by atomic mass is 28.4. The van der Waals surface area contributed by atoms with Crippen molar-refractivity contribution in [1.29, 1.82) is 0 Å². The van der Waals surface area contributed by atoms with Gasteiger partial charge in [-0.25, -0.2) is 0 Å². The van der Waals surface area contributed by atoms with Crippen LogP contribution in [0.15, 0.2) is 12.2 Å². The largest absolute Gasteiger partial charge is 0.456 e. The molecule has 3 heteroatoms. The summed E-state index contributed by atoms with van der Waals surface area (Å²) in [6.45, 7) is 11.8. The van der Waals surface area contributed by atoms with Crippen LogP contribution in [0.5, 0.6) is 0 Å². The minimum atomic E-state index is -1.40. The molecule has 2 aliphatic rings. The van der Waals surface area contributed by atoms with E-state index < -0.39 is 16.6 Å². The Morgan fingerprint density at radius 2 is 1.76 bits per heavy atom. The Bertz CT molecular complexity index is 304. The zero-order valence-corrected chi connectivity index (χ0v) is 14.1. The highest BCUT2D eigenvalue weighted by Gasteiger charge is 2.37. The molecule has 98 valence electrons. The number of hydrogen-bond donors (Lipinski definition) is 0. The third-order valence-electron chi connectivity index (χ3n) is 4.12. The summed E-state index contributed by atoms with van der Waals surface area (Å²) in [7, 11) is -2.73. The van der Waals surface area contributed by atoms with Crippen LogP contribution in [0.4, 0.5) is 0 Å². The molecule has 0 heterocycles. The van der Waals surface area contributed by atoms with Crippen LogP contribution >= 0.6 is 0 Å². The maximum absolute atomic E-state index is 6.42. The molecule has 2 rings (SSSR count). The second-order valence-electron chi connectivity index (χ2n) is 7.55. The lowest BCUT2D eigenvalue weighted by atomic mass is 9.91. The van der Waals surface area contributed by atoms with Crippen molar-refractivity contribution in [1.82, 2.24) is 0 Å². The fourth-order valence-corrected chi connectivity index (χ4v) is 11.7. The lowest BCUT2D eigenvalue weighted by molar-refractivity contribution is 0.422. The van der Waals surface area contributed by atoms with E-state index in [9.17, 15) is 0 Å². The van der Waals surface area contributed by atoms with Gasteiger partial charge in [0.1, 0.15) is 0 Å². The van der Waals surface area contributed by atoms with Crippen LogP contribution in [0.1, 0.15) is 19.3 Å². The second kappa shape index (κ2) is 4.67. The standard InChI is InChI=1S/C14H28OSi2/c1-16(2,3)15-17(4,5)9-8-14-11-12-6-7-13(14)10-12/h6-7,12-14H,8-11H2,1-5H3. The van der Waals surface area contributed by atoms with Crippen molar-refractivity contribution in [2.24, 2.45) is 17.8 Å². The summed E-state index contributed by atoms with van der Waals surface area (Å²) in [5, 5.41) is 0. The first kappa shape index (κ1) is 13.6. The van der Waals surface area contributed by atoms with Crippen LogP contribution in [0, 0.1) is 17.8 Å². The molecule has 0 saturated heterocycles. The van der Waals surface area contributed by atoms with Gasteiger partial charge in [-0.1, -0.05) is 18.6 Å². The van der Waals surface area contributed by atoms with E-state index in [0.717, 1.165) is 17.8 Å². The third-order valence-corrected chi connectivity index (χ3v) is 10.3. The minimum absolute atomic E-state index is 0.914. The molecule has 1 fully saturated rings. The minimum Gasteiger partial charge on any atom is -0.456 e. The molecule has 0 aromatic heterocycles. The van der Waals surface area contributed by atoms with Crippen LogP contribution in [0.3, 0.4) is 0 Å². The molecule has 3 unspecified atom stereocenters. The lowest BCUT2D eigenvalue weighted by Crippen LogP contribution is -2.42. The molecule has 3 atom stereocenters. The van der Waals surface area contributed by atoms with E-state index >= 15 is 0 Å². The average molecular weight is 269 g/mol. The van der Waals surface area contributed by atoms with Crippen LogP contribution in [0.2, 0.25) is 38.8 Å². The molecule has 0 aromatic rings. The fourth-order valence-electron chi connectivity index (χ4n) is 3.64. The molecule has 1 saturated carbocycles. The van der Waals surface area contributed by atoms with E-state index in [0.29, 0.717) is 0 Å². The molecule has 2 bridgehead atoms. The summed E-state index contributed by atoms with van der Waals surface area (Å²) in [5.41, 5.74) is 0. The van der Waals surface area contributed by atoms with Crippen LogP contribution in [0.25, 0.3) is 0 Å². The highest BCUT2D eigenvalue weighted by Crippen LogP contribution is 2.46. The normalized spacial score (nSPS) is 32.4. The van der Waals surface area contributed by atoms with Gasteiger partial charge in [-0.2, -0.15) is 0 Å². The Hall–Kier alpha value is 0.134. The van der Waals surface area contributed by atoms with E-state index in [1.54, 1.807) is 0 Å². The quantitative estimate of drug-likeness (QED) is 0.521. The molecule has 0 N–H and O–H groups in total. The van der Waals surface area contributed by atoms with Crippen molar-refractivity contribution >= 4 is 16.6 Å². The molecule has 17 heavy (non-hydrogen) atoms. The fraction of sp³-hybridized carbons (Fsp3) is 0.857. The van der Waals surface area contributed by atoms with Gasteiger partial charge in [0.05, 0.1) is 0 Å². The Balaban J connectivity index is 1.80. The number of allylic oxidation sites excluding steroid dienone is 2. The lowest BCUT2D eigenvalue weighted by Gasteiger charge is -2.33. The van der Waals surface area contributed by atoms with Gasteiger partial charge in [0, 0.05) is 0 Å². The first-order valence-corrected chi connectivity index (χ1v) is 13.7. The van der Waals surface area contributed by atoms with Crippen molar-refractivity contribution in [3.63, 3.8) is 0 Å². The van der Waals surface area contributed by atoms with E-state index in [1.807, 2.05) is 0 Å². The Morgan fingerprint density at radius 3 is 2.24 bits per heavy atom. The zero-order valence-electron chi connectivity index (χ0n) is 12.1. The Labute approximate surface area is 109 Å². The first-order valence-electron chi connectivity index (χ1n) is 7.14. The maximum Gasteiger partial charge on any atom is 0.173 e. The highest BCUT2D eigenvalue weighted by molar-refractivity contribution is 6.84. The van der Waals surface area contributed by atoms with E-state index in [2.05, 4.69) is 44.9 Å². The zero-order chi connectivity index (χ0) is 12.7. The predicted molar refractivity (Wildman–Crippen MR) is 80.2 cm³/mol. The van der Waals surface area contributed by atoms with Gasteiger partial charge < -0.3 is 4.12 Å². The maximum atomic E-state index is 6.42. The summed E-state index contributed by atoms with van der Waals surface area (Å²) in [4.78, 5) is 0. The molecule has 2 aliphatic carbocycles. The summed E-state index contributed by atoms with van der Waals surface area (Å²) < 4.78 is 6.42. The first-order chi connectivity index (χ1) is 7.75. The van der Waals surface area contributed by atoms with Crippen LogP contribution in [-0.4, -0.2) is 16.6 Å². The average Bonchev–Trinajstić information content (AvgIpc) is 2.71. The van der Waals surface area contributed by atoms with Gasteiger partial charge in [0.2, 0.25) is 0 Å². The molecule has 0 aliphatic heterocycles. The molecule has 0 aromatic carbocycles. The van der Waals surface area contributed by atoms with Gasteiger partial charge in [-0.3, -0.25) is 0 Å². The van der Waals surface area contributed by atoms with Gasteiger partial charge in [-0.15, -0.1) is 0 Å². The van der Waals surface area contributed by atoms with Crippen LogP contribution in [-0.2, 0) is 4.12 Å². The van der Waals surface area contributed by atoms with E-state index in [1.165, 1.54) is 25.3 Å². The van der Waals surface area contributed by atoms with Gasteiger partial charge in [0.15, 0.2) is 16.6 Å². The van der Waals surface area contributed by atoms with Crippen molar-refractivity contribution in [2.45, 2.75) is 58.0 Å². The topological polar surface area (TPSA) is 9.23 Å². The smallest absolute Gasteiger partial charge is 0.173 e. The van der Waals surface area contributed by atoms with Crippen molar-refractivity contribution in [3.05, 3.63) is 12.2 Å². The second-order valence-corrected chi connectivity index (χ2v) is 16.6. The summed E-state index contributed by atoms with van der Waals surface area (Å²) in [5.74, 6) is 2.81. The number of rotatable bonds is 5. The Kier molecular flexibility index (Phi) is 3.72. The number of hydrogen-bond acceptors (Lipinski definition) is 1. The summed E-state index contributed by atoms with van der Waals surface area (Å²) >= 11 is 0. The predicted octanol–water partition coefficient (Wildman–Crippen LogP) is 4.65. The third kappa shape index (κ3) is 3.80. The van der Waals surface area contributed by atoms with Crippen LogP contribution < -0.4 is 0 Å². The van der Waals surface area contributed by atoms with Gasteiger partial charge >= 0.3 is 0 Å². The van der Waals surface area contributed by atoms with Crippen molar-refractivity contribution in [2.75, 3.05) is 0 Å². The molecule has 0 amide bonds. The van der Waals surface area contributed by atoms with Crippen molar-refractivity contribution < 1.29 is 4.12 Å². The van der Waals surface area contributed by atoms with Crippen molar-refractivity contribution in [3.8, 4) is 0 Å². The molecular formula is C14H28OSi2. The Morgan fingerprint density at radius 1 is 1.06 bits per heavy atom. The van der Waals surface area contributed by atoms with E-state index in [-0.39, 0.29) is 0 Å². The SMILES string of the molecule is C[Si](C)(C)O[Si](C)(C)CCC1CC2C=CC1C2. The summed E-state index contributed by atoms with van der Waals surface area (Å²) in [6, 6.07) is 1.36. The molecule has 0 spiro atoms. The van der Waals surface area contributed by atoms with E-state index in [4.69, 9.17) is 4.12 Å². The van der Waals surface area contributed by atoms with Gasteiger partial charge in [-0.05, 0) is 69.4 Å². The number of fused-ring (bicyclic) bond motifs is 2. The molecule has 0 radical (unpaired) electrons. The monoisotopic (exact) mass is 268 g/mol. The molecular weight excluding hydrogens is 240 g/mol. The molecule has 1 nitrogen and oxygen atoms in total. The van der Waals surface area contributed by atoms with Gasteiger partial charge in [0.25, 0.3) is 0 Å². The summed E-state index contributed by atoms with van der Waals surface area (Å²) in [6.07, 6.45) is 9.24.